The van der Waals surface area contributed by atoms with Crippen LogP contribution in [0.1, 0.15) is 24.3 Å². The van der Waals surface area contributed by atoms with Crippen LogP contribution < -0.4 is 4.74 Å². The van der Waals surface area contributed by atoms with Gasteiger partial charge in [0.25, 0.3) is 0 Å². The van der Waals surface area contributed by atoms with Crippen molar-refractivity contribution >= 4 is 15.0 Å². The maximum atomic E-state index is 13.2. The zero-order chi connectivity index (χ0) is 20.6. The fraction of sp³-hybridized carbons (Fsp3) is 0.278. The van der Waals surface area contributed by atoms with Gasteiger partial charge in [0.15, 0.2) is 6.29 Å². The Morgan fingerprint density at radius 1 is 1.29 bits per heavy atom. The van der Waals surface area contributed by atoms with Gasteiger partial charge in [0, 0.05) is 31.0 Å². The average molecular weight is 425 g/mol. The molecule has 4 unspecified atom stereocenters. The van der Waals surface area contributed by atoms with Gasteiger partial charge in [-0.05, 0) is 30.7 Å². The number of aromatic nitrogens is 1. The Hall–Kier alpha value is -1.79. The van der Waals surface area contributed by atoms with Crippen LogP contribution in [0.2, 0.25) is 0 Å². The second-order valence-electron chi connectivity index (χ2n) is 6.59. The molecule has 0 amide bonds. The molecule has 0 saturated carbocycles. The molecule has 28 heavy (non-hydrogen) atoms. The molecule has 8 nitrogen and oxygen atoms in total. The van der Waals surface area contributed by atoms with Crippen molar-refractivity contribution in [1.82, 2.24) is 4.98 Å². The van der Waals surface area contributed by atoms with Crippen LogP contribution in [0.15, 0.2) is 61.1 Å². The van der Waals surface area contributed by atoms with E-state index in [0.717, 1.165) is 6.66 Å². The van der Waals surface area contributed by atoms with E-state index in [1.165, 1.54) is 12.4 Å². The summed E-state index contributed by atoms with van der Waals surface area (Å²) in [6.45, 7) is 6.46. The van der Waals surface area contributed by atoms with E-state index in [9.17, 15) is 19.1 Å². The maximum Gasteiger partial charge on any atom is 0.372 e. The van der Waals surface area contributed by atoms with Crippen molar-refractivity contribution in [3.63, 3.8) is 0 Å². The van der Waals surface area contributed by atoms with Gasteiger partial charge in [-0.15, -0.1) is 0 Å². The molecule has 2 N–H and O–H groups in total. The van der Waals surface area contributed by atoms with E-state index in [4.69, 9.17) is 13.8 Å². The molecule has 0 bridgehead atoms. The number of hydrogen-bond donors (Lipinski definition) is 2. The normalized spacial score (nSPS) is 32.6. The highest BCUT2D eigenvalue weighted by atomic mass is 31.2. The standard InChI is InChI=1S/C18H21NO7P2/c1-13(2)24-16-8-6-15(7-9-16)17-25-27(3,21)18(20,28(22,23)26-17)11-14-5-4-10-19-12-14/h4-10,12,17,20H,1,11H2,2-3H3,(H,22,23). The summed E-state index contributed by atoms with van der Waals surface area (Å²) in [5, 5.41) is 8.32. The summed E-state index contributed by atoms with van der Waals surface area (Å²) in [5.74, 6) is 1.00. The van der Waals surface area contributed by atoms with Gasteiger partial charge in [-0.3, -0.25) is 23.2 Å². The number of hydrogen-bond acceptors (Lipinski definition) is 7. The monoisotopic (exact) mass is 425 g/mol. The molecule has 1 fully saturated rings. The average Bonchev–Trinajstić information content (AvgIpc) is 2.60. The minimum atomic E-state index is -4.76. The van der Waals surface area contributed by atoms with Crippen LogP contribution in [0.5, 0.6) is 5.75 Å². The zero-order valence-corrected chi connectivity index (χ0v) is 17.2. The molecule has 1 saturated heterocycles. The lowest BCUT2D eigenvalue weighted by molar-refractivity contribution is -0.0439. The molecule has 1 aromatic carbocycles. The Kier molecular flexibility index (Phi) is 5.65. The lowest BCUT2D eigenvalue weighted by Gasteiger charge is -2.43. The predicted molar refractivity (Wildman–Crippen MR) is 103 cm³/mol. The van der Waals surface area contributed by atoms with Crippen molar-refractivity contribution in [2.24, 2.45) is 0 Å². The Bertz CT molecular complexity index is 936. The highest BCUT2D eigenvalue weighted by Gasteiger charge is 2.64. The number of nitrogens with zero attached hydrogens (tertiary/aromatic N) is 1. The summed E-state index contributed by atoms with van der Waals surface area (Å²) in [7, 11) is -8.76. The first kappa shape index (κ1) is 20.9. The fourth-order valence-corrected chi connectivity index (χ4v) is 7.10. The van der Waals surface area contributed by atoms with E-state index in [2.05, 4.69) is 11.6 Å². The first-order chi connectivity index (χ1) is 13.0. The van der Waals surface area contributed by atoms with Crippen LogP contribution in [-0.2, 0) is 24.6 Å². The van der Waals surface area contributed by atoms with Crippen LogP contribution >= 0.6 is 15.0 Å². The molecule has 1 aliphatic rings. The highest BCUT2D eigenvalue weighted by Crippen LogP contribution is 2.79. The van der Waals surface area contributed by atoms with Crippen LogP contribution in [0.3, 0.4) is 0 Å². The van der Waals surface area contributed by atoms with Crippen LogP contribution in [0, 0.1) is 0 Å². The molecular weight excluding hydrogens is 404 g/mol. The number of allylic oxidation sites excluding steroid dienone is 1. The Morgan fingerprint density at radius 3 is 2.50 bits per heavy atom. The van der Waals surface area contributed by atoms with Gasteiger partial charge in [-0.2, -0.15) is 0 Å². The SMILES string of the molecule is C=C(C)Oc1ccc(C2OP(C)(=O)C(O)(Cc3cccnc3)P(=O)(O)O2)cc1. The minimum absolute atomic E-state index is 0.355. The van der Waals surface area contributed by atoms with E-state index in [1.807, 2.05) is 0 Å². The number of pyridine rings is 1. The third-order valence-corrected chi connectivity index (χ3v) is 9.69. The van der Waals surface area contributed by atoms with Crippen molar-refractivity contribution in [2.45, 2.75) is 24.7 Å². The van der Waals surface area contributed by atoms with Crippen molar-refractivity contribution in [1.29, 1.82) is 0 Å². The van der Waals surface area contributed by atoms with Crippen molar-refractivity contribution in [2.75, 3.05) is 6.66 Å². The lowest BCUT2D eigenvalue weighted by Crippen LogP contribution is -2.37. The third-order valence-electron chi connectivity index (χ3n) is 4.25. The van der Waals surface area contributed by atoms with Crippen LogP contribution in [-0.4, -0.2) is 26.7 Å². The zero-order valence-electron chi connectivity index (χ0n) is 15.4. The van der Waals surface area contributed by atoms with Crippen molar-refractivity contribution in [3.8, 4) is 5.75 Å². The van der Waals surface area contributed by atoms with E-state index in [0.29, 0.717) is 22.6 Å². The van der Waals surface area contributed by atoms with Gasteiger partial charge < -0.3 is 14.7 Å². The minimum Gasteiger partial charge on any atom is -0.463 e. The van der Waals surface area contributed by atoms with Crippen LogP contribution in [0.4, 0.5) is 0 Å². The second-order valence-corrected chi connectivity index (χ2v) is 11.6. The largest absolute Gasteiger partial charge is 0.463 e. The number of rotatable bonds is 5. The predicted octanol–water partition coefficient (Wildman–Crippen LogP) is 4.02. The van der Waals surface area contributed by atoms with Crippen molar-refractivity contribution < 1.29 is 32.9 Å². The van der Waals surface area contributed by atoms with Gasteiger partial charge in [0.05, 0.1) is 5.76 Å². The molecule has 1 aromatic heterocycles. The van der Waals surface area contributed by atoms with E-state index in [-0.39, 0.29) is 0 Å². The highest BCUT2D eigenvalue weighted by molar-refractivity contribution is 7.75. The molecule has 4 atom stereocenters. The number of benzene rings is 1. The van der Waals surface area contributed by atoms with E-state index in [1.54, 1.807) is 43.3 Å². The van der Waals surface area contributed by atoms with Gasteiger partial charge in [0.1, 0.15) is 5.75 Å². The molecule has 10 heteroatoms. The van der Waals surface area contributed by atoms with Gasteiger partial charge in [-0.25, -0.2) is 0 Å². The van der Waals surface area contributed by atoms with Crippen LogP contribution in [0.25, 0.3) is 0 Å². The second kappa shape index (κ2) is 7.56. The summed E-state index contributed by atoms with van der Waals surface area (Å²) < 4.78 is 42.1. The van der Waals surface area contributed by atoms with Gasteiger partial charge in [0.2, 0.25) is 12.5 Å². The quantitative estimate of drug-likeness (QED) is 0.545. The van der Waals surface area contributed by atoms with Crippen molar-refractivity contribution in [3.05, 3.63) is 72.3 Å². The molecule has 0 radical (unpaired) electrons. The summed E-state index contributed by atoms with van der Waals surface area (Å²) in [6, 6.07) is 9.48. The fourth-order valence-electron chi connectivity index (χ4n) is 2.77. The summed E-state index contributed by atoms with van der Waals surface area (Å²) in [6.07, 6.45) is 1.15. The maximum absolute atomic E-state index is 13.2. The van der Waals surface area contributed by atoms with Gasteiger partial charge >= 0.3 is 7.60 Å². The Balaban J connectivity index is 1.88. The molecule has 2 aromatic rings. The van der Waals surface area contributed by atoms with E-state index >= 15 is 0 Å². The molecular formula is C18H21NO7P2. The topological polar surface area (TPSA) is 115 Å². The Labute approximate surface area is 162 Å². The molecule has 0 aliphatic carbocycles. The first-order valence-electron chi connectivity index (χ1n) is 8.36. The Morgan fingerprint density at radius 2 is 1.96 bits per heavy atom. The number of aliphatic hydroxyl groups is 1. The number of ether oxygens (including phenoxy) is 1. The third kappa shape index (κ3) is 3.98. The van der Waals surface area contributed by atoms with Gasteiger partial charge in [-0.1, -0.05) is 24.8 Å². The first-order valence-corrected chi connectivity index (χ1v) is 12.0. The lowest BCUT2D eigenvalue weighted by atomic mass is 10.2. The summed E-state index contributed by atoms with van der Waals surface area (Å²) >= 11 is 0. The summed E-state index contributed by atoms with van der Waals surface area (Å²) in [4.78, 5) is 14.4. The molecule has 2 heterocycles. The molecule has 0 spiro atoms. The molecule has 3 rings (SSSR count). The molecule has 1 aliphatic heterocycles. The van der Waals surface area contributed by atoms with E-state index < -0.39 is 32.8 Å². The smallest absolute Gasteiger partial charge is 0.372 e. The molecule has 150 valence electrons. The summed E-state index contributed by atoms with van der Waals surface area (Å²) in [5.41, 5.74) is 0.780.